The molecule has 0 saturated carbocycles. The second kappa shape index (κ2) is 8.74. The van der Waals surface area contributed by atoms with Crippen LogP contribution < -0.4 is 10.2 Å². The van der Waals surface area contributed by atoms with E-state index in [9.17, 15) is 18.0 Å². The highest BCUT2D eigenvalue weighted by Crippen LogP contribution is 2.34. The number of hydrogen-bond acceptors (Lipinski definition) is 3. The first-order valence-electron chi connectivity index (χ1n) is 11.5. The zero-order valence-electron chi connectivity index (χ0n) is 18.3. The molecule has 0 spiro atoms. The summed E-state index contributed by atoms with van der Waals surface area (Å²) < 4.78 is 41.0. The Hall–Kier alpha value is -3.00. The largest absolute Gasteiger partial charge is 0.416 e. The molecule has 2 N–H and O–H groups in total. The summed E-state index contributed by atoms with van der Waals surface area (Å²) in [6.07, 6.45) is 1.57. The molecule has 2 aliphatic rings. The Morgan fingerprint density at radius 1 is 0.970 bits per heavy atom. The monoisotopic (exact) mass is 456 g/mol. The van der Waals surface area contributed by atoms with Crippen molar-refractivity contribution in [2.45, 2.75) is 37.9 Å². The molecular weight excluding hydrogens is 429 g/mol. The fourth-order valence-electron chi connectivity index (χ4n) is 5.02. The quantitative estimate of drug-likeness (QED) is 0.545. The number of carbonyl (C=O) groups is 1. The Kier molecular flexibility index (Phi) is 5.78. The van der Waals surface area contributed by atoms with Gasteiger partial charge in [-0.25, -0.2) is 0 Å². The molecule has 2 aliphatic heterocycles. The van der Waals surface area contributed by atoms with Crippen LogP contribution in [-0.2, 0) is 6.18 Å². The van der Waals surface area contributed by atoms with Crippen molar-refractivity contribution in [2.75, 3.05) is 36.4 Å². The smallest absolute Gasteiger partial charge is 0.371 e. The average Bonchev–Trinajstić information content (AvgIpc) is 3.50. The summed E-state index contributed by atoms with van der Waals surface area (Å²) in [5.74, 6) is -0.552. The lowest BCUT2D eigenvalue weighted by Crippen LogP contribution is -2.44. The maximum absolute atomic E-state index is 13.7. The first-order valence-corrected chi connectivity index (χ1v) is 11.5. The molecule has 3 heterocycles. The number of piperidine rings is 1. The summed E-state index contributed by atoms with van der Waals surface area (Å²) in [6.45, 7) is 3.61. The van der Waals surface area contributed by atoms with Crippen molar-refractivity contribution in [1.29, 1.82) is 0 Å². The number of nitrogens with zero attached hydrogens (tertiary/aromatic N) is 2. The number of aromatic amines is 1. The number of anilines is 2. The zero-order valence-corrected chi connectivity index (χ0v) is 18.3. The van der Waals surface area contributed by atoms with Gasteiger partial charge in [0, 0.05) is 53.2 Å². The second-order valence-corrected chi connectivity index (χ2v) is 8.96. The molecule has 2 aromatic carbocycles. The highest BCUT2D eigenvalue weighted by molar-refractivity contribution is 6.05. The number of aromatic nitrogens is 1. The van der Waals surface area contributed by atoms with Crippen molar-refractivity contribution in [3.05, 3.63) is 59.8 Å². The topological polar surface area (TPSA) is 51.4 Å². The van der Waals surface area contributed by atoms with Crippen LogP contribution in [0.1, 0.15) is 41.6 Å². The molecule has 0 unspecified atom stereocenters. The van der Waals surface area contributed by atoms with E-state index in [1.807, 2.05) is 17.0 Å². The van der Waals surface area contributed by atoms with Gasteiger partial charge in [0.2, 0.25) is 0 Å². The number of carbonyl (C=O) groups excluding carboxylic acids is 1. The fraction of sp³-hybridized carbons (Fsp3) is 0.400. The molecule has 5 rings (SSSR count). The summed E-state index contributed by atoms with van der Waals surface area (Å²) >= 11 is 0. The number of hydrogen-bond donors (Lipinski definition) is 2. The van der Waals surface area contributed by atoms with E-state index < -0.39 is 17.6 Å². The predicted molar refractivity (Wildman–Crippen MR) is 124 cm³/mol. The Morgan fingerprint density at radius 3 is 2.45 bits per heavy atom. The molecule has 0 atom stereocenters. The standard InChI is InChI=1S/C25H27F3N4O/c26-25(27,28)19-13-18(24(33)30-20-3-4-23-17(14-20)5-8-29-23)15-22(16-19)32-11-6-21(7-12-32)31-9-1-2-10-31/h3-5,8,13-16,21,29H,1-2,6-7,9-12H2,(H,30,33). The molecule has 0 radical (unpaired) electrons. The van der Waals surface area contributed by atoms with Gasteiger partial charge in [-0.1, -0.05) is 0 Å². The van der Waals surface area contributed by atoms with Crippen molar-refractivity contribution in [3.63, 3.8) is 0 Å². The Balaban J connectivity index is 1.36. The van der Waals surface area contributed by atoms with Crippen LogP contribution in [0, 0.1) is 0 Å². The number of halogens is 3. The number of alkyl halides is 3. The molecule has 3 aromatic rings. The van der Waals surface area contributed by atoms with Gasteiger partial charge in [0.25, 0.3) is 5.91 Å². The van der Waals surface area contributed by atoms with Crippen molar-refractivity contribution in [3.8, 4) is 0 Å². The maximum Gasteiger partial charge on any atom is 0.416 e. The van der Waals surface area contributed by atoms with E-state index in [0.29, 0.717) is 30.5 Å². The molecule has 5 nitrogen and oxygen atoms in total. The molecule has 8 heteroatoms. The van der Waals surface area contributed by atoms with Gasteiger partial charge in [0.1, 0.15) is 0 Å². The van der Waals surface area contributed by atoms with E-state index in [0.717, 1.165) is 42.9 Å². The van der Waals surface area contributed by atoms with E-state index in [2.05, 4.69) is 15.2 Å². The Bertz CT molecular complexity index is 1140. The molecule has 2 saturated heterocycles. The summed E-state index contributed by atoms with van der Waals surface area (Å²) in [5.41, 5.74) is 1.13. The van der Waals surface area contributed by atoms with Crippen LogP contribution in [-0.4, -0.2) is 48.0 Å². The van der Waals surface area contributed by atoms with Gasteiger partial charge in [-0.05, 0) is 81.2 Å². The predicted octanol–water partition coefficient (Wildman–Crippen LogP) is 5.50. The summed E-state index contributed by atoms with van der Waals surface area (Å²) in [5, 5.41) is 3.66. The summed E-state index contributed by atoms with van der Waals surface area (Å²) in [6, 6.07) is 11.4. The fourth-order valence-corrected chi connectivity index (χ4v) is 5.02. The second-order valence-electron chi connectivity index (χ2n) is 8.96. The van der Waals surface area contributed by atoms with E-state index in [-0.39, 0.29) is 5.56 Å². The molecule has 33 heavy (non-hydrogen) atoms. The first-order chi connectivity index (χ1) is 15.9. The van der Waals surface area contributed by atoms with Crippen molar-refractivity contribution in [2.24, 2.45) is 0 Å². The Labute approximate surface area is 190 Å². The lowest BCUT2D eigenvalue weighted by molar-refractivity contribution is -0.137. The number of fused-ring (bicyclic) bond motifs is 1. The molecule has 1 amide bonds. The lowest BCUT2D eigenvalue weighted by atomic mass is 10.0. The van der Waals surface area contributed by atoms with Gasteiger partial charge in [0.15, 0.2) is 0 Å². The number of H-pyrrole nitrogens is 1. The van der Waals surface area contributed by atoms with Crippen molar-refractivity contribution in [1.82, 2.24) is 9.88 Å². The molecule has 0 bridgehead atoms. The van der Waals surface area contributed by atoms with Gasteiger partial charge in [0.05, 0.1) is 5.56 Å². The van der Waals surface area contributed by atoms with Crippen LogP contribution in [0.4, 0.5) is 24.5 Å². The third-order valence-electron chi connectivity index (χ3n) is 6.81. The van der Waals surface area contributed by atoms with Crippen molar-refractivity contribution < 1.29 is 18.0 Å². The van der Waals surface area contributed by atoms with Gasteiger partial charge in [-0.3, -0.25) is 4.79 Å². The molecule has 0 aliphatic carbocycles. The molecular formula is C25H27F3N4O. The normalized spacial score (nSPS) is 18.2. The minimum atomic E-state index is -4.52. The molecule has 174 valence electrons. The number of benzene rings is 2. The van der Waals surface area contributed by atoms with Gasteiger partial charge in [-0.2, -0.15) is 13.2 Å². The number of likely N-dealkylation sites (tertiary alicyclic amines) is 1. The average molecular weight is 457 g/mol. The van der Waals surface area contributed by atoms with Crippen LogP contribution in [0.2, 0.25) is 0 Å². The number of rotatable bonds is 4. The van der Waals surface area contributed by atoms with Crippen LogP contribution >= 0.6 is 0 Å². The SMILES string of the molecule is O=C(Nc1ccc2[nH]ccc2c1)c1cc(N2CCC(N3CCCC3)CC2)cc(C(F)(F)F)c1. The van der Waals surface area contributed by atoms with Crippen LogP contribution in [0.3, 0.4) is 0 Å². The van der Waals surface area contributed by atoms with Crippen LogP contribution in [0.25, 0.3) is 10.9 Å². The van der Waals surface area contributed by atoms with Crippen LogP contribution in [0.5, 0.6) is 0 Å². The highest BCUT2D eigenvalue weighted by atomic mass is 19.4. The van der Waals surface area contributed by atoms with Crippen LogP contribution in [0.15, 0.2) is 48.7 Å². The summed E-state index contributed by atoms with van der Waals surface area (Å²) in [7, 11) is 0. The van der Waals surface area contributed by atoms with Gasteiger partial charge >= 0.3 is 6.18 Å². The third kappa shape index (κ3) is 4.71. The summed E-state index contributed by atoms with van der Waals surface area (Å²) in [4.78, 5) is 20.5. The first kappa shape index (κ1) is 21.8. The third-order valence-corrected chi connectivity index (χ3v) is 6.81. The molecule has 2 fully saturated rings. The minimum absolute atomic E-state index is 0.00987. The number of nitrogens with one attached hydrogen (secondary N) is 2. The number of amides is 1. The zero-order chi connectivity index (χ0) is 23.0. The Morgan fingerprint density at radius 2 is 1.73 bits per heavy atom. The minimum Gasteiger partial charge on any atom is -0.371 e. The highest BCUT2D eigenvalue weighted by Gasteiger charge is 2.33. The molecule has 1 aromatic heterocycles. The lowest BCUT2D eigenvalue weighted by Gasteiger charge is -2.38. The van der Waals surface area contributed by atoms with Gasteiger partial charge in [-0.15, -0.1) is 0 Å². The van der Waals surface area contributed by atoms with E-state index in [1.165, 1.54) is 18.9 Å². The van der Waals surface area contributed by atoms with Crippen molar-refractivity contribution >= 4 is 28.2 Å². The maximum atomic E-state index is 13.7. The van der Waals surface area contributed by atoms with E-state index in [4.69, 9.17) is 0 Å². The van der Waals surface area contributed by atoms with E-state index >= 15 is 0 Å². The van der Waals surface area contributed by atoms with Gasteiger partial charge < -0.3 is 20.1 Å². The van der Waals surface area contributed by atoms with E-state index in [1.54, 1.807) is 24.4 Å².